The summed E-state index contributed by atoms with van der Waals surface area (Å²) in [5, 5.41) is 0. The first-order valence-electron chi connectivity index (χ1n) is 6.63. The third-order valence-electron chi connectivity index (χ3n) is 3.72. The number of hydrogen-bond donors (Lipinski definition) is 1. The molecule has 94 valence electrons. The number of rotatable bonds is 4. The third kappa shape index (κ3) is 3.83. The highest BCUT2D eigenvalue weighted by atomic mass is 15.1. The highest BCUT2D eigenvalue weighted by Gasteiger charge is 2.22. The number of nitrogens with two attached hydrogens (primary N) is 1. The van der Waals surface area contributed by atoms with E-state index in [0.29, 0.717) is 6.04 Å². The summed E-state index contributed by atoms with van der Waals surface area (Å²) in [4.78, 5) is 2.42. The first kappa shape index (κ1) is 12.6. The van der Waals surface area contributed by atoms with Crippen molar-refractivity contribution in [2.45, 2.75) is 38.8 Å². The standard InChI is InChI=1S/C15H24N2/c1-12-3-5-13(6-4-12)10-17(2)11-14-7-8-15(16)9-14/h3-6,14-15H,7-11,16H2,1-2H3. The van der Waals surface area contributed by atoms with Crippen LogP contribution in [0.1, 0.15) is 30.4 Å². The van der Waals surface area contributed by atoms with Gasteiger partial charge in [0.25, 0.3) is 0 Å². The second kappa shape index (κ2) is 5.65. The van der Waals surface area contributed by atoms with Crippen LogP contribution in [-0.2, 0) is 6.54 Å². The molecule has 2 unspecified atom stereocenters. The van der Waals surface area contributed by atoms with Crippen molar-refractivity contribution < 1.29 is 0 Å². The van der Waals surface area contributed by atoms with Gasteiger partial charge >= 0.3 is 0 Å². The van der Waals surface area contributed by atoms with Crippen molar-refractivity contribution in [3.05, 3.63) is 35.4 Å². The molecule has 2 N–H and O–H groups in total. The smallest absolute Gasteiger partial charge is 0.0230 e. The van der Waals surface area contributed by atoms with Crippen LogP contribution in [0, 0.1) is 12.8 Å². The minimum Gasteiger partial charge on any atom is -0.328 e. The number of benzene rings is 1. The Balaban J connectivity index is 1.80. The predicted molar refractivity (Wildman–Crippen MR) is 72.8 cm³/mol. The topological polar surface area (TPSA) is 29.3 Å². The average Bonchev–Trinajstić information content (AvgIpc) is 2.67. The summed E-state index contributed by atoms with van der Waals surface area (Å²) in [6, 6.07) is 9.29. The summed E-state index contributed by atoms with van der Waals surface area (Å²) in [5.41, 5.74) is 8.69. The van der Waals surface area contributed by atoms with Gasteiger partial charge in [-0.2, -0.15) is 0 Å². The Bertz CT molecular complexity index is 344. The van der Waals surface area contributed by atoms with Gasteiger partial charge in [0.05, 0.1) is 0 Å². The summed E-state index contributed by atoms with van der Waals surface area (Å²) in [5.74, 6) is 0.806. The third-order valence-corrected chi connectivity index (χ3v) is 3.72. The van der Waals surface area contributed by atoms with Gasteiger partial charge in [-0.3, -0.25) is 0 Å². The molecule has 2 nitrogen and oxygen atoms in total. The lowest BCUT2D eigenvalue weighted by Crippen LogP contribution is -2.25. The van der Waals surface area contributed by atoms with Crippen LogP contribution in [-0.4, -0.2) is 24.5 Å². The van der Waals surface area contributed by atoms with Gasteiger partial charge in [-0.15, -0.1) is 0 Å². The van der Waals surface area contributed by atoms with Crippen molar-refractivity contribution >= 4 is 0 Å². The lowest BCUT2D eigenvalue weighted by atomic mass is 10.1. The quantitative estimate of drug-likeness (QED) is 0.864. The molecule has 0 aliphatic heterocycles. The Kier molecular flexibility index (Phi) is 4.19. The zero-order valence-electron chi connectivity index (χ0n) is 11.0. The molecule has 0 radical (unpaired) electrons. The summed E-state index contributed by atoms with van der Waals surface area (Å²) in [6.45, 7) is 4.36. The van der Waals surface area contributed by atoms with Gasteiger partial charge < -0.3 is 10.6 Å². The SMILES string of the molecule is Cc1ccc(CN(C)CC2CCC(N)C2)cc1. The maximum absolute atomic E-state index is 5.95. The fourth-order valence-electron chi connectivity index (χ4n) is 2.79. The molecule has 0 amide bonds. The van der Waals surface area contributed by atoms with Crippen molar-refractivity contribution in [1.29, 1.82) is 0 Å². The number of nitrogens with zero attached hydrogens (tertiary/aromatic N) is 1. The van der Waals surface area contributed by atoms with E-state index in [0.717, 1.165) is 12.5 Å². The highest BCUT2D eigenvalue weighted by Crippen LogP contribution is 2.24. The summed E-state index contributed by atoms with van der Waals surface area (Å²) in [6.07, 6.45) is 3.72. The Morgan fingerprint density at radius 2 is 1.94 bits per heavy atom. The minimum absolute atomic E-state index is 0.452. The maximum Gasteiger partial charge on any atom is 0.0230 e. The molecule has 1 fully saturated rings. The van der Waals surface area contributed by atoms with Gasteiger partial charge in [0.2, 0.25) is 0 Å². The molecule has 1 aliphatic carbocycles. The molecule has 2 atom stereocenters. The van der Waals surface area contributed by atoms with Gasteiger partial charge in [0.1, 0.15) is 0 Å². The highest BCUT2D eigenvalue weighted by molar-refractivity contribution is 5.21. The molecule has 2 heteroatoms. The molecule has 0 aromatic heterocycles. The second-order valence-electron chi connectivity index (χ2n) is 5.62. The average molecular weight is 232 g/mol. The zero-order valence-corrected chi connectivity index (χ0v) is 11.0. The van der Waals surface area contributed by atoms with Crippen LogP contribution in [0.2, 0.25) is 0 Å². The maximum atomic E-state index is 5.95. The van der Waals surface area contributed by atoms with Gasteiger partial charge in [-0.25, -0.2) is 0 Å². The Labute approximate surface area is 105 Å². The van der Waals surface area contributed by atoms with E-state index >= 15 is 0 Å². The van der Waals surface area contributed by atoms with Crippen LogP contribution in [0.5, 0.6) is 0 Å². The molecule has 1 saturated carbocycles. The Hall–Kier alpha value is -0.860. The van der Waals surface area contributed by atoms with E-state index in [-0.39, 0.29) is 0 Å². The van der Waals surface area contributed by atoms with Crippen LogP contribution in [0.25, 0.3) is 0 Å². The van der Waals surface area contributed by atoms with E-state index in [9.17, 15) is 0 Å². The molecular formula is C15H24N2. The fourth-order valence-corrected chi connectivity index (χ4v) is 2.79. The first-order valence-corrected chi connectivity index (χ1v) is 6.63. The van der Waals surface area contributed by atoms with Crippen LogP contribution in [0.15, 0.2) is 24.3 Å². The Morgan fingerprint density at radius 1 is 1.24 bits per heavy atom. The van der Waals surface area contributed by atoms with Gasteiger partial charge in [-0.1, -0.05) is 29.8 Å². The second-order valence-corrected chi connectivity index (χ2v) is 5.62. The molecule has 1 aliphatic rings. The van der Waals surface area contributed by atoms with Crippen LogP contribution >= 0.6 is 0 Å². The largest absolute Gasteiger partial charge is 0.328 e. The lowest BCUT2D eigenvalue weighted by Gasteiger charge is -2.21. The van der Waals surface area contributed by atoms with E-state index in [1.54, 1.807) is 0 Å². The minimum atomic E-state index is 0.452. The monoisotopic (exact) mass is 232 g/mol. The molecule has 0 saturated heterocycles. The van der Waals surface area contributed by atoms with Crippen molar-refractivity contribution in [3.8, 4) is 0 Å². The van der Waals surface area contributed by atoms with E-state index in [1.165, 1.54) is 36.9 Å². The molecule has 17 heavy (non-hydrogen) atoms. The fraction of sp³-hybridized carbons (Fsp3) is 0.600. The van der Waals surface area contributed by atoms with Crippen molar-refractivity contribution in [1.82, 2.24) is 4.90 Å². The van der Waals surface area contributed by atoms with Crippen LogP contribution in [0.3, 0.4) is 0 Å². The predicted octanol–water partition coefficient (Wildman–Crippen LogP) is 2.55. The van der Waals surface area contributed by atoms with Gasteiger partial charge in [0, 0.05) is 19.1 Å². The Morgan fingerprint density at radius 3 is 2.53 bits per heavy atom. The van der Waals surface area contributed by atoms with Gasteiger partial charge in [-0.05, 0) is 44.7 Å². The molecular weight excluding hydrogens is 208 g/mol. The summed E-state index contributed by atoms with van der Waals surface area (Å²) < 4.78 is 0. The van der Waals surface area contributed by atoms with Crippen molar-refractivity contribution in [2.75, 3.05) is 13.6 Å². The lowest BCUT2D eigenvalue weighted by molar-refractivity contribution is 0.270. The normalized spacial score (nSPS) is 24.5. The molecule has 2 rings (SSSR count). The zero-order chi connectivity index (χ0) is 12.3. The van der Waals surface area contributed by atoms with E-state index in [2.05, 4.69) is 43.1 Å². The molecule has 0 bridgehead atoms. The van der Waals surface area contributed by atoms with E-state index in [4.69, 9.17) is 5.73 Å². The van der Waals surface area contributed by atoms with Crippen LogP contribution < -0.4 is 5.73 Å². The van der Waals surface area contributed by atoms with E-state index in [1.807, 2.05) is 0 Å². The van der Waals surface area contributed by atoms with Crippen molar-refractivity contribution in [2.24, 2.45) is 11.7 Å². The molecule has 0 spiro atoms. The van der Waals surface area contributed by atoms with E-state index < -0.39 is 0 Å². The van der Waals surface area contributed by atoms with Crippen LogP contribution in [0.4, 0.5) is 0 Å². The number of hydrogen-bond acceptors (Lipinski definition) is 2. The van der Waals surface area contributed by atoms with Gasteiger partial charge in [0.15, 0.2) is 0 Å². The molecule has 1 aromatic rings. The number of aryl methyl sites for hydroxylation is 1. The molecule has 0 heterocycles. The molecule has 1 aromatic carbocycles. The van der Waals surface area contributed by atoms with Crippen molar-refractivity contribution in [3.63, 3.8) is 0 Å². The summed E-state index contributed by atoms with van der Waals surface area (Å²) in [7, 11) is 2.21. The summed E-state index contributed by atoms with van der Waals surface area (Å²) >= 11 is 0. The first-order chi connectivity index (χ1) is 8.13.